The quantitative estimate of drug-likeness (QED) is 0.647. The zero-order chi connectivity index (χ0) is 11.3. The van der Waals surface area contributed by atoms with E-state index in [4.69, 9.17) is 23.2 Å². The van der Waals surface area contributed by atoms with Crippen molar-refractivity contribution < 1.29 is 0 Å². The van der Waals surface area contributed by atoms with Crippen molar-refractivity contribution in [3.63, 3.8) is 0 Å². The molecule has 1 rings (SSSR count). The molecule has 0 amide bonds. The van der Waals surface area contributed by atoms with E-state index in [0.29, 0.717) is 11.8 Å². The Morgan fingerprint density at radius 1 is 1.40 bits per heavy atom. The molecule has 0 spiro atoms. The number of alkyl halides is 1. The van der Waals surface area contributed by atoms with Crippen LogP contribution in [0.1, 0.15) is 25.3 Å². The van der Waals surface area contributed by atoms with Gasteiger partial charge in [0.05, 0.1) is 0 Å². The molecular formula is C12H15BrCl2. The van der Waals surface area contributed by atoms with E-state index >= 15 is 0 Å². The highest BCUT2D eigenvalue weighted by atomic mass is 79.9. The van der Waals surface area contributed by atoms with Gasteiger partial charge in [0.15, 0.2) is 0 Å². The molecule has 0 aromatic heterocycles. The lowest BCUT2D eigenvalue weighted by molar-refractivity contribution is 0.528. The minimum absolute atomic E-state index is 0.537. The van der Waals surface area contributed by atoms with Gasteiger partial charge in [-0.05, 0) is 36.5 Å². The van der Waals surface area contributed by atoms with Crippen molar-refractivity contribution in [2.75, 3.05) is 5.88 Å². The van der Waals surface area contributed by atoms with Gasteiger partial charge in [-0.25, -0.2) is 0 Å². The Morgan fingerprint density at radius 2 is 2.13 bits per heavy atom. The maximum Gasteiger partial charge on any atom is 0.0449 e. The summed E-state index contributed by atoms with van der Waals surface area (Å²) in [5.74, 6) is 1.25. The van der Waals surface area contributed by atoms with Gasteiger partial charge in [0, 0.05) is 15.4 Å². The Labute approximate surface area is 110 Å². The Kier molecular flexibility index (Phi) is 6.03. The van der Waals surface area contributed by atoms with Crippen LogP contribution in [-0.2, 0) is 6.42 Å². The van der Waals surface area contributed by atoms with E-state index in [1.807, 2.05) is 12.1 Å². The average molecular weight is 310 g/mol. The summed E-state index contributed by atoms with van der Waals surface area (Å²) in [4.78, 5) is 0. The largest absolute Gasteiger partial charge is 0.126 e. The summed E-state index contributed by atoms with van der Waals surface area (Å²) in [5, 5.41) is 0.829. The SMILES string of the molecule is CCCC(CCl)Cc1ccc(Br)cc1Cl. The van der Waals surface area contributed by atoms with Gasteiger partial charge in [0.1, 0.15) is 0 Å². The number of hydrogen-bond acceptors (Lipinski definition) is 0. The number of hydrogen-bond donors (Lipinski definition) is 0. The zero-order valence-electron chi connectivity index (χ0n) is 8.77. The predicted molar refractivity (Wildman–Crippen MR) is 72.0 cm³/mol. The smallest absolute Gasteiger partial charge is 0.0449 e. The summed E-state index contributed by atoms with van der Waals surface area (Å²) < 4.78 is 1.02. The third-order valence-electron chi connectivity index (χ3n) is 2.44. The summed E-state index contributed by atoms with van der Waals surface area (Å²) >= 11 is 15.5. The number of rotatable bonds is 5. The fourth-order valence-corrected chi connectivity index (χ4v) is 2.65. The number of benzene rings is 1. The van der Waals surface area contributed by atoms with E-state index in [9.17, 15) is 0 Å². The maximum atomic E-state index is 6.16. The third kappa shape index (κ3) is 4.34. The topological polar surface area (TPSA) is 0 Å². The first kappa shape index (κ1) is 13.3. The van der Waals surface area contributed by atoms with Crippen LogP contribution in [0.25, 0.3) is 0 Å². The van der Waals surface area contributed by atoms with E-state index in [1.54, 1.807) is 0 Å². The van der Waals surface area contributed by atoms with Gasteiger partial charge in [0.2, 0.25) is 0 Å². The summed E-state index contributed by atoms with van der Waals surface area (Å²) in [7, 11) is 0. The summed E-state index contributed by atoms with van der Waals surface area (Å²) in [5.41, 5.74) is 1.19. The van der Waals surface area contributed by atoms with E-state index in [-0.39, 0.29) is 0 Å². The van der Waals surface area contributed by atoms with Crippen molar-refractivity contribution in [3.05, 3.63) is 33.3 Å². The second kappa shape index (κ2) is 6.78. The van der Waals surface area contributed by atoms with Gasteiger partial charge in [0.25, 0.3) is 0 Å². The van der Waals surface area contributed by atoms with Crippen molar-refractivity contribution in [1.82, 2.24) is 0 Å². The molecule has 0 saturated heterocycles. The van der Waals surface area contributed by atoms with E-state index < -0.39 is 0 Å². The average Bonchev–Trinajstić information content (AvgIpc) is 2.21. The Hall–Kier alpha value is 0.280. The van der Waals surface area contributed by atoms with Crippen LogP contribution in [0.5, 0.6) is 0 Å². The van der Waals surface area contributed by atoms with Crippen LogP contribution in [0.15, 0.2) is 22.7 Å². The first-order valence-corrected chi connectivity index (χ1v) is 6.87. The van der Waals surface area contributed by atoms with Crippen molar-refractivity contribution in [2.24, 2.45) is 5.92 Å². The molecule has 1 unspecified atom stereocenters. The summed E-state index contributed by atoms with van der Waals surface area (Å²) in [6.45, 7) is 2.18. The Morgan fingerprint density at radius 3 is 2.67 bits per heavy atom. The minimum Gasteiger partial charge on any atom is -0.126 e. The molecule has 1 atom stereocenters. The molecule has 0 bridgehead atoms. The standard InChI is InChI=1S/C12H15BrCl2/c1-2-3-9(8-14)6-10-4-5-11(13)7-12(10)15/h4-5,7,9H,2-3,6,8H2,1H3. The number of halogens is 3. The molecule has 0 N–H and O–H groups in total. The third-order valence-corrected chi connectivity index (χ3v) is 3.72. The van der Waals surface area contributed by atoms with Crippen molar-refractivity contribution in [1.29, 1.82) is 0 Å². The molecule has 0 aliphatic carbocycles. The molecule has 1 aromatic rings. The van der Waals surface area contributed by atoms with Gasteiger partial charge in [-0.15, -0.1) is 11.6 Å². The fourth-order valence-electron chi connectivity index (χ4n) is 1.64. The molecule has 0 heterocycles. The van der Waals surface area contributed by atoms with Crippen LogP contribution in [0.3, 0.4) is 0 Å². The van der Waals surface area contributed by atoms with Crippen molar-refractivity contribution in [3.8, 4) is 0 Å². The van der Waals surface area contributed by atoms with Crippen LogP contribution in [-0.4, -0.2) is 5.88 Å². The minimum atomic E-state index is 0.537. The lowest BCUT2D eigenvalue weighted by atomic mass is 9.97. The molecule has 0 aliphatic rings. The van der Waals surface area contributed by atoms with Crippen molar-refractivity contribution in [2.45, 2.75) is 26.2 Å². The fraction of sp³-hybridized carbons (Fsp3) is 0.500. The first-order valence-electron chi connectivity index (χ1n) is 5.17. The van der Waals surface area contributed by atoms with E-state index in [0.717, 1.165) is 22.3 Å². The maximum absolute atomic E-state index is 6.16. The molecular weight excluding hydrogens is 295 g/mol. The van der Waals surface area contributed by atoms with Gasteiger partial charge in [-0.2, -0.15) is 0 Å². The molecule has 84 valence electrons. The first-order chi connectivity index (χ1) is 7.17. The molecule has 3 heteroatoms. The molecule has 0 fully saturated rings. The molecule has 0 nitrogen and oxygen atoms in total. The summed E-state index contributed by atoms with van der Waals surface area (Å²) in [6, 6.07) is 6.04. The van der Waals surface area contributed by atoms with Crippen LogP contribution in [0, 0.1) is 5.92 Å². The monoisotopic (exact) mass is 308 g/mol. The zero-order valence-corrected chi connectivity index (χ0v) is 11.9. The Balaban J connectivity index is 2.70. The van der Waals surface area contributed by atoms with E-state index in [2.05, 4.69) is 28.9 Å². The molecule has 0 radical (unpaired) electrons. The molecule has 1 aromatic carbocycles. The van der Waals surface area contributed by atoms with Crippen molar-refractivity contribution >= 4 is 39.1 Å². The highest BCUT2D eigenvalue weighted by Crippen LogP contribution is 2.25. The second-order valence-corrected chi connectivity index (χ2v) is 5.38. The lowest BCUT2D eigenvalue weighted by Crippen LogP contribution is -2.06. The highest BCUT2D eigenvalue weighted by Gasteiger charge is 2.10. The van der Waals surface area contributed by atoms with E-state index in [1.165, 1.54) is 12.0 Å². The molecule has 0 saturated carbocycles. The van der Waals surface area contributed by atoms with Crippen LogP contribution in [0.4, 0.5) is 0 Å². The second-order valence-electron chi connectivity index (χ2n) is 3.75. The normalized spacial score (nSPS) is 12.8. The van der Waals surface area contributed by atoms with Gasteiger partial charge < -0.3 is 0 Å². The molecule has 0 aliphatic heterocycles. The van der Waals surface area contributed by atoms with Gasteiger partial charge in [-0.3, -0.25) is 0 Å². The predicted octanol–water partition coefficient (Wildman–Crippen LogP) is 5.30. The van der Waals surface area contributed by atoms with Crippen LogP contribution in [0.2, 0.25) is 5.02 Å². The Bertz CT molecular complexity index is 312. The lowest BCUT2D eigenvalue weighted by Gasteiger charge is -2.13. The highest BCUT2D eigenvalue weighted by molar-refractivity contribution is 9.10. The summed E-state index contributed by atoms with van der Waals surface area (Å²) in [6.07, 6.45) is 3.31. The van der Waals surface area contributed by atoms with Crippen LogP contribution < -0.4 is 0 Å². The molecule has 15 heavy (non-hydrogen) atoms. The van der Waals surface area contributed by atoms with Gasteiger partial charge in [-0.1, -0.05) is 46.9 Å². The van der Waals surface area contributed by atoms with Crippen LogP contribution >= 0.6 is 39.1 Å². The van der Waals surface area contributed by atoms with Gasteiger partial charge >= 0.3 is 0 Å².